The maximum absolute atomic E-state index is 4.39. The summed E-state index contributed by atoms with van der Waals surface area (Å²) in [6.07, 6.45) is 5.14. The maximum Gasteiger partial charge on any atom is 0.0994 e. The van der Waals surface area contributed by atoms with Gasteiger partial charge in [0, 0.05) is 29.7 Å². The molecule has 3 aromatic rings. The van der Waals surface area contributed by atoms with Crippen LogP contribution in [0, 0.1) is 0 Å². The Balaban J connectivity index is 1.89. The molecular weight excluding hydrogens is 246 g/mol. The van der Waals surface area contributed by atoms with Gasteiger partial charge in [0.2, 0.25) is 0 Å². The van der Waals surface area contributed by atoms with E-state index in [1.165, 1.54) is 28.6 Å². The van der Waals surface area contributed by atoms with Gasteiger partial charge in [-0.1, -0.05) is 36.4 Å². The van der Waals surface area contributed by atoms with Crippen molar-refractivity contribution in [3.8, 4) is 5.69 Å². The number of aromatic nitrogens is 2. The normalized spacial score (nSPS) is 18.7. The van der Waals surface area contributed by atoms with Gasteiger partial charge < -0.3 is 9.88 Å². The fourth-order valence-corrected chi connectivity index (χ4v) is 3.13. The molecule has 2 aromatic carbocycles. The summed E-state index contributed by atoms with van der Waals surface area (Å²) >= 11 is 0. The molecule has 1 atom stereocenters. The highest BCUT2D eigenvalue weighted by Crippen LogP contribution is 2.28. The van der Waals surface area contributed by atoms with E-state index in [2.05, 4.69) is 57.3 Å². The second-order valence-corrected chi connectivity index (χ2v) is 5.38. The minimum Gasteiger partial charge on any atom is -0.316 e. The first-order valence-corrected chi connectivity index (χ1v) is 7.14. The summed E-state index contributed by atoms with van der Waals surface area (Å²) in [5.74, 6) is 0.566. The van der Waals surface area contributed by atoms with E-state index < -0.39 is 0 Å². The Morgan fingerprint density at radius 2 is 2.00 bits per heavy atom. The monoisotopic (exact) mass is 263 g/mol. The lowest BCUT2D eigenvalue weighted by Crippen LogP contribution is -2.10. The topological polar surface area (TPSA) is 29.9 Å². The highest BCUT2D eigenvalue weighted by Gasteiger charge is 2.21. The van der Waals surface area contributed by atoms with Gasteiger partial charge in [0.25, 0.3) is 0 Å². The van der Waals surface area contributed by atoms with Gasteiger partial charge in [-0.3, -0.25) is 0 Å². The largest absolute Gasteiger partial charge is 0.316 e. The first-order chi connectivity index (χ1) is 9.93. The zero-order chi connectivity index (χ0) is 13.4. The first kappa shape index (κ1) is 11.7. The molecule has 0 amide bonds. The molecular formula is C17H17N3. The molecule has 1 aliphatic heterocycles. The molecule has 0 aliphatic carbocycles. The van der Waals surface area contributed by atoms with Crippen molar-refractivity contribution < 1.29 is 0 Å². The Morgan fingerprint density at radius 1 is 1.10 bits per heavy atom. The van der Waals surface area contributed by atoms with Crippen LogP contribution in [0.1, 0.15) is 18.0 Å². The summed E-state index contributed by atoms with van der Waals surface area (Å²) in [6, 6.07) is 15.0. The number of fused-ring (bicyclic) bond motifs is 1. The molecule has 20 heavy (non-hydrogen) atoms. The van der Waals surface area contributed by atoms with Crippen molar-refractivity contribution in [2.45, 2.75) is 12.3 Å². The predicted octanol–water partition coefficient (Wildman–Crippen LogP) is 3.10. The standard InChI is InChI=1S/C17H17N3/c1-2-6-15-13(4-1)5-3-7-16(15)20-12-19-11-17(20)14-8-9-18-10-14/h1-7,11-12,14,18H,8-10H2. The van der Waals surface area contributed by atoms with Gasteiger partial charge in [0.05, 0.1) is 12.0 Å². The SMILES string of the molecule is c1ccc2c(-n3cncc3C3CCNC3)cccc2c1. The van der Waals surface area contributed by atoms with Crippen LogP contribution in [0.25, 0.3) is 16.5 Å². The van der Waals surface area contributed by atoms with Crippen molar-refractivity contribution >= 4 is 10.8 Å². The lowest BCUT2D eigenvalue weighted by molar-refractivity contribution is 0.715. The summed E-state index contributed by atoms with van der Waals surface area (Å²) in [6.45, 7) is 2.15. The van der Waals surface area contributed by atoms with Crippen LogP contribution in [-0.2, 0) is 0 Å². The van der Waals surface area contributed by atoms with Crippen LogP contribution in [0.2, 0.25) is 0 Å². The van der Waals surface area contributed by atoms with Crippen LogP contribution in [0.15, 0.2) is 55.0 Å². The zero-order valence-electron chi connectivity index (χ0n) is 11.3. The molecule has 1 unspecified atom stereocenters. The van der Waals surface area contributed by atoms with E-state index >= 15 is 0 Å². The van der Waals surface area contributed by atoms with E-state index in [9.17, 15) is 0 Å². The van der Waals surface area contributed by atoms with Crippen molar-refractivity contribution in [2.24, 2.45) is 0 Å². The molecule has 1 N–H and O–H groups in total. The number of nitrogens with one attached hydrogen (secondary N) is 1. The summed E-state index contributed by atoms with van der Waals surface area (Å²) < 4.78 is 2.25. The van der Waals surface area contributed by atoms with E-state index in [1.807, 2.05) is 12.5 Å². The molecule has 100 valence electrons. The lowest BCUT2D eigenvalue weighted by atomic mass is 10.0. The van der Waals surface area contributed by atoms with Crippen molar-refractivity contribution in [3.63, 3.8) is 0 Å². The maximum atomic E-state index is 4.39. The average molecular weight is 263 g/mol. The van der Waals surface area contributed by atoms with E-state index in [0.29, 0.717) is 5.92 Å². The highest BCUT2D eigenvalue weighted by molar-refractivity contribution is 5.90. The third-order valence-corrected chi connectivity index (χ3v) is 4.17. The van der Waals surface area contributed by atoms with Gasteiger partial charge >= 0.3 is 0 Å². The smallest absolute Gasteiger partial charge is 0.0994 e. The molecule has 0 radical (unpaired) electrons. The molecule has 1 fully saturated rings. The average Bonchev–Trinajstić information content (AvgIpc) is 3.17. The number of hydrogen-bond donors (Lipinski definition) is 1. The molecule has 1 aromatic heterocycles. The van der Waals surface area contributed by atoms with Crippen LogP contribution in [-0.4, -0.2) is 22.6 Å². The third-order valence-electron chi connectivity index (χ3n) is 4.17. The molecule has 3 heteroatoms. The van der Waals surface area contributed by atoms with Crippen LogP contribution in [0.5, 0.6) is 0 Å². The quantitative estimate of drug-likeness (QED) is 0.770. The fraction of sp³-hybridized carbons (Fsp3) is 0.235. The number of imidazole rings is 1. The van der Waals surface area contributed by atoms with Crippen molar-refractivity contribution in [2.75, 3.05) is 13.1 Å². The number of benzene rings is 2. The summed E-state index contributed by atoms with van der Waals surface area (Å²) in [5, 5.41) is 5.99. The second kappa shape index (κ2) is 4.76. The van der Waals surface area contributed by atoms with Gasteiger partial charge in [-0.25, -0.2) is 4.98 Å². The molecule has 4 rings (SSSR count). The fourth-order valence-electron chi connectivity index (χ4n) is 3.13. The predicted molar refractivity (Wildman–Crippen MR) is 81.3 cm³/mol. The van der Waals surface area contributed by atoms with Crippen molar-refractivity contribution in [1.82, 2.24) is 14.9 Å². The van der Waals surface area contributed by atoms with E-state index in [4.69, 9.17) is 0 Å². The van der Waals surface area contributed by atoms with Crippen LogP contribution in [0.3, 0.4) is 0 Å². The van der Waals surface area contributed by atoms with Gasteiger partial charge in [-0.2, -0.15) is 0 Å². The Hall–Kier alpha value is -2.13. The molecule has 0 saturated carbocycles. The molecule has 2 heterocycles. The van der Waals surface area contributed by atoms with Crippen LogP contribution >= 0.6 is 0 Å². The van der Waals surface area contributed by atoms with Crippen molar-refractivity contribution in [1.29, 1.82) is 0 Å². The Morgan fingerprint density at radius 3 is 2.90 bits per heavy atom. The van der Waals surface area contributed by atoms with E-state index in [1.54, 1.807) is 0 Å². The Kier molecular flexibility index (Phi) is 2.78. The van der Waals surface area contributed by atoms with Gasteiger partial charge in [-0.05, 0) is 24.4 Å². The molecule has 3 nitrogen and oxygen atoms in total. The minimum absolute atomic E-state index is 0.566. The summed E-state index contributed by atoms with van der Waals surface area (Å²) in [4.78, 5) is 4.39. The second-order valence-electron chi connectivity index (χ2n) is 5.38. The Bertz CT molecular complexity index is 733. The molecule has 0 bridgehead atoms. The van der Waals surface area contributed by atoms with Crippen LogP contribution < -0.4 is 5.32 Å². The van der Waals surface area contributed by atoms with Crippen LogP contribution in [0.4, 0.5) is 0 Å². The molecule has 0 spiro atoms. The van der Waals surface area contributed by atoms with Gasteiger partial charge in [-0.15, -0.1) is 0 Å². The van der Waals surface area contributed by atoms with Gasteiger partial charge in [0.15, 0.2) is 0 Å². The van der Waals surface area contributed by atoms with E-state index in [-0.39, 0.29) is 0 Å². The van der Waals surface area contributed by atoms with Crippen molar-refractivity contribution in [3.05, 3.63) is 60.7 Å². The molecule has 1 aliphatic rings. The summed E-state index contributed by atoms with van der Waals surface area (Å²) in [5.41, 5.74) is 2.54. The number of rotatable bonds is 2. The third kappa shape index (κ3) is 1.82. The van der Waals surface area contributed by atoms with Gasteiger partial charge in [0.1, 0.15) is 0 Å². The number of hydrogen-bond acceptors (Lipinski definition) is 2. The first-order valence-electron chi connectivity index (χ1n) is 7.14. The molecule has 1 saturated heterocycles. The summed E-state index contributed by atoms with van der Waals surface area (Å²) in [7, 11) is 0. The lowest BCUT2D eigenvalue weighted by Gasteiger charge is -2.14. The highest BCUT2D eigenvalue weighted by atomic mass is 15.1. The Labute approximate surface area is 118 Å². The minimum atomic E-state index is 0.566. The van der Waals surface area contributed by atoms with E-state index in [0.717, 1.165) is 13.1 Å². The zero-order valence-corrected chi connectivity index (χ0v) is 11.3. The number of nitrogens with zero attached hydrogens (tertiary/aromatic N) is 2.